The fourth-order valence-electron chi connectivity index (χ4n) is 7.14. The highest BCUT2D eigenvalue weighted by Crippen LogP contribution is 2.75. The van der Waals surface area contributed by atoms with Gasteiger partial charge >= 0.3 is 0 Å². The van der Waals surface area contributed by atoms with Crippen LogP contribution in [-0.4, -0.2) is 6.54 Å². The molecule has 0 aromatic carbocycles. The van der Waals surface area contributed by atoms with Crippen molar-refractivity contribution in [3.05, 3.63) is 0 Å². The molecule has 4 aliphatic carbocycles. The third kappa shape index (κ3) is 1.69. The maximum Gasteiger partial charge on any atom is -0.00720 e. The molecule has 98 valence electrons. The van der Waals surface area contributed by atoms with Gasteiger partial charge in [0.25, 0.3) is 0 Å². The lowest BCUT2D eigenvalue weighted by Gasteiger charge is -2.70. The molecule has 2 N–H and O–H groups in total. The van der Waals surface area contributed by atoms with E-state index in [1.54, 1.807) is 0 Å². The molecule has 0 aromatic rings. The van der Waals surface area contributed by atoms with E-state index in [9.17, 15) is 0 Å². The van der Waals surface area contributed by atoms with Crippen LogP contribution in [0.1, 0.15) is 72.1 Å². The van der Waals surface area contributed by atoms with Crippen LogP contribution in [0.15, 0.2) is 0 Å². The van der Waals surface area contributed by atoms with Gasteiger partial charge in [-0.15, -0.1) is 0 Å². The van der Waals surface area contributed by atoms with E-state index < -0.39 is 0 Å². The van der Waals surface area contributed by atoms with E-state index in [-0.39, 0.29) is 0 Å². The molecule has 17 heavy (non-hydrogen) atoms. The summed E-state index contributed by atoms with van der Waals surface area (Å²) in [6.07, 6.45) is 11.6. The van der Waals surface area contributed by atoms with Gasteiger partial charge in [-0.05, 0) is 73.2 Å². The molecule has 0 aliphatic heterocycles. The number of nitrogens with two attached hydrogens (primary N) is 1. The van der Waals surface area contributed by atoms with E-state index in [0.717, 1.165) is 6.54 Å². The average Bonchev–Trinajstić information content (AvgIpc) is 2.11. The minimum Gasteiger partial charge on any atom is -0.330 e. The third-order valence-corrected chi connectivity index (χ3v) is 6.24. The summed E-state index contributed by atoms with van der Waals surface area (Å²) in [5.41, 5.74) is 8.48. The van der Waals surface area contributed by atoms with Crippen molar-refractivity contribution in [1.29, 1.82) is 0 Å². The summed E-state index contributed by atoms with van der Waals surface area (Å²) in [6.45, 7) is 8.46. The van der Waals surface area contributed by atoms with Gasteiger partial charge in [0.15, 0.2) is 0 Å². The predicted molar refractivity (Wildman–Crippen MR) is 72.7 cm³/mol. The summed E-state index contributed by atoms with van der Waals surface area (Å²) < 4.78 is 0. The van der Waals surface area contributed by atoms with Crippen molar-refractivity contribution in [2.45, 2.75) is 72.1 Å². The van der Waals surface area contributed by atoms with Gasteiger partial charge in [0.1, 0.15) is 0 Å². The summed E-state index contributed by atoms with van der Waals surface area (Å²) in [6, 6.07) is 0. The maximum atomic E-state index is 5.92. The lowest BCUT2D eigenvalue weighted by atomic mass is 9.35. The molecule has 0 heterocycles. The highest BCUT2D eigenvalue weighted by atomic mass is 14.7. The molecule has 1 nitrogen and oxygen atoms in total. The van der Waals surface area contributed by atoms with Crippen LogP contribution < -0.4 is 5.73 Å². The van der Waals surface area contributed by atoms with E-state index in [1.807, 2.05) is 0 Å². The van der Waals surface area contributed by atoms with Crippen molar-refractivity contribution in [3.8, 4) is 0 Å². The first-order chi connectivity index (χ1) is 7.86. The van der Waals surface area contributed by atoms with Crippen molar-refractivity contribution < 1.29 is 0 Å². The lowest BCUT2D eigenvalue weighted by molar-refractivity contribution is -0.192. The van der Waals surface area contributed by atoms with E-state index in [1.165, 1.54) is 51.4 Å². The zero-order chi connectivity index (χ0) is 12.4. The summed E-state index contributed by atoms with van der Waals surface area (Å²) in [5, 5.41) is 0. The molecule has 4 bridgehead atoms. The van der Waals surface area contributed by atoms with Gasteiger partial charge in [0, 0.05) is 0 Å². The second kappa shape index (κ2) is 3.29. The highest BCUT2D eigenvalue weighted by Gasteiger charge is 2.64. The average molecular weight is 235 g/mol. The smallest absolute Gasteiger partial charge is 0.00720 e. The molecule has 0 saturated heterocycles. The molecule has 0 radical (unpaired) electrons. The molecule has 4 saturated carbocycles. The van der Waals surface area contributed by atoms with E-state index in [2.05, 4.69) is 20.8 Å². The van der Waals surface area contributed by atoms with Crippen LogP contribution >= 0.6 is 0 Å². The monoisotopic (exact) mass is 235 g/mol. The first-order valence-electron chi connectivity index (χ1n) is 7.57. The van der Waals surface area contributed by atoms with Gasteiger partial charge in [0.2, 0.25) is 0 Å². The Morgan fingerprint density at radius 3 is 1.82 bits per heavy atom. The molecule has 0 amide bonds. The van der Waals surface area contributed by atoms with Crippen molar-refractivity contribution in [2.24, 2.45) is 27.4 Å². The molecular weight excluding hydrogens is 206 g/mol. The first-order valence-corrected chi connectivity index (χ1v) is 7.57. The minimum atomic E-state index is 0.614. The zero-order valence-electron chi connectivity index (χ0n) is 11.9. The molecule has 2 atom stereocenters. The minimum absolute atomic E-state index is 0.614. The van der Waals surface area contributed by atoms with E-state index in [4.69, 9.17) is 5.73 Å². The van der Waals surface area contributed by atoms with Crippen LogP contribution in [-0.2, 0) is 0 Å². The Kier molecular flexibility index (Phi) is 2.32. The van der Waals surface area contributed by atoms with Gasteiger partial charge in [-0.1, -0.05) is 27.2 Å². The fraction of sp³-hybridized carbons (Fsp3) is 1.00. The summed E-state index contributed by atoms with van der Waals surface area (Å²) >= 11 is 0. The van der Waals surface area contributed by atoms with Crippen molar-refractivity contribution in [2.75, 3.05) is 6.54 Å². The van der Waals surface area contributed by atoms with Gasteiger partial charge in [0.05, 0.1) is 0 Å². The van der Waals surface area contributed by atoms with Gasteiger partial charge in [-0.3, -0.25) is 0 Å². The molecule has 1 heteroatoms. The molecular formula is C16H29N. The summed E-state index contributed by atoms with van der Waals surface area (Å²) in [7, 11) is 0. The Balaban J connectivity index is 2.01. The maximum absolute atomic E-state index is 5.92. The Labute approximate surface area is 107 Å². The van der Waals surface area contributed by atoms with Crippen LogP contribution in [0.25, 0.3) is 0 Å². The Hall–Kier alpha value is -0.0400. The van der Waals surface area contributed by atoms with Crippen LogP contribution in [0.2, 0.25) is 0 Å². The first kappa shape index (κ1) is 12.0. The van der Waals surface area contributed by atoms with Crippen LogP contribution in [0.3, 0.4) is 0 Å². The van der Waals surface area contributed by atoms with Crippen molar-refractivity contribution in [3.63, 3.8) is 0 Å². The second-order valence-corrected chi connectivity index (χ2v) is 8.57. The Morgan fingerprint density at radius 1 is 0.824 bits per heavy atom. The van der Waals surface area contributed by atoms with E-state index >= 15 is 0 Å². The summed E-state index contributed by atoms with van der Waals surface area (Å²) in [4.78, 5) is 0. The number of hydrogen-bond acceptors (Lipinski definition) is 1. The number of rotatable bonds is 3. The molecule has 4 aliphatic rings. The fourth-order valence-corrected chi connectivity index (χ4v) is 7.14. The standard InChI is InChI=1S/C16H29N/c1-4-15-8-13(2)7-14(3,9-15)11-16(10-13,12-15)5-6-17/h4-12,17H2,1-3H3. The van der Waals surface area contributed by atoms with Gasteiger partial charge in [-0.25, -0.2) is 0 Å². The number of hydrogen-bond donors (Lipinski definition) is 1. The Morgan fingerprint density at radius 2 is 1.35 bits per heavy atom. The molecule has 0 spiro atoms. The Bertz CT molecular complexity index is 314. The quantitative estimate of drug-likeness (QED) is 0.782. The summed E-state index contributed by atoms with van der Waals surface area (Å²) in [5.74, 6) is 0. The normalized spacial score (nSPS) is 56.5. The van der Waals surface area contributed by atoms with Crippen molar-refractivity contribution >= 4 is 0 Å². The highest BCUT2D eigenvalue weighted by molar-refractivity contribution is 5.14. The van der Waals surface area contributed by atoms with Crippen LogP contribution in [0.4, 0.5) is 0 Å². The van der Waals surface area contributed by atoms with Gasteiger partial charge in [-0.2, -0.15) is 0 Å². The second-order valence-electron chi connectivity index (χ2n) is 8.57. The van der Waals surface area contributed by atoms with Gasteiger partial charge < -0.3 is 5.73 Å². The van der Waals surface area contributed by atoms with Crippen LogP contribution in [0.5, 0.6) is 0 Å². The third-order valence-electron chi connectivity index (χ3n) is 6.24. The largest absolute Gasteiger partial charge is 0.330 e. The molecule has 0 aromatic heterocycles. The molecule has 4 fully saturated rings. The topological polar surface area (TPSA) is 26.0 Å². The van der Waals surface area contributed by atoms with E-state index in [0.29, 0.717) is 21.7 Å². The SMILES string of the molecule is CCC12CC3(C)CC(C)(C1)CC(CCN)(C3)C2. The van der Waals surface area contributed by atoms with Crippen molar-refractivity contribution in [1.82, 2.24) is 0 Å². The zero-order valence-corrected chi connectivity index (χ0v) is 11.9. The lowest BCUT2D eigenvalue weighted by Crippen LogP contribution is -2.59. The molecule has 2 unspecified atom stereocenters. The molecule has 4 rings (SSSR count). The predicted octanol–water partition coefficient (Wildman–Crippen LogP) is 4.11. The van der Waals surface area contributed by atoms with Crippen LogP contribution in [0, 0.1) is 21.7 Å².